The number of rotatable bonds is 10. The second-order valence-electron chi connectivity index (χ2n) is 5.96. The molecule has 0 atom stereocenters. The Balaban J connectivity index is 1.73. The van der Waals surface area contributed by atoms with E-state index in [0.29, 0.717) is 6.54 Å². The summed E-state index contributed by atoms with van der Waals surface area (Å²) in [5.41, 5.74) is 0.804. The average molecular weight is 337 g/mol. The van der Waals surface area contributed by atoms with Gasteiger partial charge in [0.2, 0.25) is 0 Å². The van der Waals surface area contributed by atoms with E-state index in [1.54, 1.807) is 6.07 Å². The van der Waals surface area contributed by atoms with Crippen LogP contribution in [0.5, 0.6) is 5.75 Å². The van der Waals surface area contributed by atoms with Gasteiger partial charge in [0.05, 0.1) is 13.7 Å². The molecule has 0 saturated heterocycles. The van der Waals surface area contributed by atoms with Crippen molar-refractivity contribution in [1.82, 2.24) is 10.6 Å². The van der Waals surface area contributed by atoms with E-state index in [-0.39, 0.29) is 11.6 Å². The van der Waals surface area contributed by atoms with Gasteiger partial charge in [0.1, 0.15) is 0 Å². The van der Waals surface area contributed by atoms with E-state index in [1.165, 1.54) is 26.0 Å². The van der Waals surface area contributed by atoms with Crippen LogP contribution < -0.4 is 15.4 Å². The molecule has 24 heavy (non-hydrogen) atoms. The maximum atomic E-state index is 13.7. The number of hydrogen-bond donors (Lipinski definition) is 2. The summed E-state index contributed by atoms with van der Waals surface area (Å²) in [6.07, 6.45) is 3.58. The van der Waals surface area contributed by atoms with E-state index in [1.807, 2.05) is 13.0 Å². The predicted octanol–water partition coefficient (Wildman–Crippen LogP) is 2.71. The van der Waals surface area contributed by atoms with Crippen LogP contribution in [0.4, 0.5) is 4.39 Å². The van der Waals surface area contributed by atoms with Gasteiger partial charge in [-0.15, -0.1) is 0 Å². The largest absolute Gasteiger partial charge is 0.494 e. The zero-order chi connectivity index (χ0) is 17.2. The summed E-state index contributed by atoms with van der Waals surface area (Å²) in [6, 6.07) is 4.90. The first kappa shape index (κ1) is 18.5. The van der Waals surface area contributed by atoms with Gasteiger partial charge in [0.15, 0.2) is 17.5 Å². The Labute approximate surface area is 143 Å². The fraction of sp³-hybridized carbons (Fsp3) is 0.611. The van der Waals surface area contributed by atoms with Gasteiger partial charge >= 0.3 is 0 Å². The number of halogens is 1. The Morgan fingerprint density at radius 3 is 2.83 bits per heavy atom. The maximum Gasteiger partial charge on any atom is 0.191 e. The number of methoxy groups -OCH3 is 1. The maximum absolute atomic E-state index is 13.7. The number of benzene rings is 1. The molecule has 0 aromatic heterocycles. The van der Waals surface area contributed by atoms with Gasteiger partial charge in [-0.05, 0) is 49.8 Å². The molecule has 134 valence electrons. The fourth-order valence-corrected chi connectivity index (χ4v) is 2.24. The lowest BCUT2D eigenvalue weighted by Crippen LogP contribution is -2.38. The van der Waals surface area contributed by atoms with E-state index in [2.05, 4.69) is 15.6 Å². The van der Waals surface area contributed by atoms with E-state index in [0.717, 1.165) is 50.2 Å². The van der Waals surface area contributed by atoms with Crippen LogP contribution in [-0.2, 0) is 11.3 Å². The number of aliphatic imine (C=N–C) groups is 1. The molecule has 5 nitrogen and oxygen atoms in total. The average Bonchev–Trinajstić information content (AvgIpc) is 3.40. The second kappa shape index (κ2) is 10.1. The second-order valence-corrected chi connectivity index (χ2v) is 5.96. The van der Waals surface area contributed by atoms with Crippen LogP contribution >= 0.6 is 0 Å². The van der Waals surface area contributed by atoms with Crippen molar-refractivity contribution in [3.63, 3.8) is 0 Å². The molecule has 1 aromatic rings. The molecule has 0 radical (unpaired) electrons. The lowest BCUT2D eigenvalue weighted by molar-refractivity contribution is 0.123. The third kappa shape index (κ3) is 6.74. The highest BCUT2D eigenvalue weighted by molar-refractivity contribution is 5.79. The van der Waals surface area contributed by atoms with E-state index >= 15 is 0 Å². The van der Waals surface area contributed by atoms with Crippen molar-refractivity contribution in [3.8, 4) is 5.75 Å². The van der Waals surface area contributed by atoms with Crippen LogP contribution in [0.25, 0.3) is 0 Å². The third-order valence-electron chi connectivity index (χ3n) is 3.79. The third-order valence-corrected chi connectivity index (χ3v) is 3.79. The molecule has 2 N–H and O–H groups in total. The van der Waals surface area contributed by atoms with Gasteiger partial charge in [-0.2, -0.15) is 0 Å². The first-order valence-electron chi connectivity index (χ1n) is 8.65. The predicted molar refractivity (Wildman–Crippen MR) is 93.9 cm³/mol. The molecular weight excluding hydrogens is 309 g/mol. The minimum absolute atomic E-state index is 0.249. The van der Waals surface area contributed by atoms with Gasteiger partial charge in [-0.25, -0.2) is 9.38 Å². The first-order chi connectivity index (χ1) is 11.7. The van der Waals surface area contributed by atoms with Gasteiger partial charge in [-0.1, -0.05) is 6.07 Å². The molecule has 0 bridgehead atoms. The Morgan fingerprint density at radius 2 is 2.17 bits per heavy atom. The highest BCUT2D eigenvalue weighted by Gasteiger charge is 2.20. The van der Waals surface area contributed by atoms with Crippen molar-refractivity contribution in [2.45, 2.75) is 32.7 Å². The molecule has 0 spiro atoms. The molecule has 1 fully saturated rings. The first-order valence-corrected chi connectivity index (χ1v) is 8.65. The molecule has 1 aliphatic rings. The zero-order valence-corrected chi connectivity index (χ0v) is 14.6. The van der Waals surface area contributed by atoms with Gasteiger partial charge in [0, 0.05) is 26.3 Å². The van der Waals surface area contributed by atoms with Crippen molar-refractivity contribution in [1.29, 1.82) is 0 Å². The Bertz CT molecular complexity index is 533. The van der Waals surface area contributed by atoms with Gasteiger partial charge < -0.3 is 20.1 Å². The van der Waals surface area contributed by atoms with Crippen LogP contribution in [0.1, 0.15) is 31.7 Å². The topological polar surface area (TPSA) is 54.9 Å². The standard InChI is InChI=1S/C18H28FN3O2/c1-3-20-18(21-9-4-10-24-13-14-5-6-14)22-12-15-7-8-17(23-2)16(19)11-15/h7-8,11,14H,3-6,9-10,12-13H2,1-2H3,(H2,20,21,22). The van der Waals surface area contributed by atoms with E-state index in [4.69, 9.17) is 9.47 Å². The highest BCUT2D eigenvalue weighted by Crippen LogP contribution is 2.28. The van der Waals surface area contributed by atoms with Crippen molar-refractivity contribution < 1.29 is 13.9 Å². The summed E-state index contributed by atoms with van der Waals surface area (Å²) in [5, 5.41) is 6.46. The Kier molecular flexibility index (Phi) is 7.82. The zero-order valence-electron chi connectivity index (χ0n) is 14.6. The summed E-state index contributed by atoms with van der Waals surface area (Å²) < 4.78 is 24.2. The molecule has 0 unspecified atom stereocenters. The number of hydrogen-bond acceptors (Lipinski definition) is 3. The minimum Gasteiger partial charge on any atom is -0.494 e. The summed E-state index contributed by atoms with van der Waals surface area (Å²) >= 11 is 0. The lowest BCUT2D eigenvalue weighted by atomic mass is 10.2. The van der Waals surface area contributed by atoms with Crippen molar-refractivity contribution in [2.24, 2.45) is 10.9 Å². The lowest BCUT2D eigenvalue weighted by Gasteiger charge is -2.11. The van der Waals surface area contributed by atoms with E-state index < -0.39 is 0 Å². The van der Waals surface area contributed by atoms with Crippen molar-refractivity contribution in [3.05, 3.63) is 29.6 Å². The smallest absolute Gasteiger partial charge is 0.191 e. The SMILES string of the molecule is CCNC(=NCc1ccc(OC)c(F)c1)NCCCOCC1CC1. The van der Waals surface area contributed by atoms with Crippen molar-refractivity contribution >= 4 is 5.96 Å². The highest BCUT2D eigenvalue weighted by atomic mass is 19.1. The normalized spacial score (nSPS) is 14.5. The number of nitrogens with zero attached hydrogens (tertiary/aromatic N) is 1. The minimum atomic E-state index is -0.365. The molecule has 0 amide bonds. The fourth-order valence-electron chi connectivity index (χ4n) is 2.24. The Morgan fingerprint density at radius 1 is 1.33 bits per heavy atom. The quantitative estimate of drug-likeness (QED) is 0.392. The van der Waals surface area contributed by atoms with Gasteiger partial charge in [0.25, 0.3) is 0 Å². The van der Waals surface area contributed by atoms with Crippen LogP contribution in [-0.4, -0.2) is 39.4 Å². The van der Waals surface area contributed by atoms with Crippen LogP contribution in [0.3, 0.4) is 0 Å². The molecular formula is C18H28FN3O2. The van der Waals surface area contributed by atoms with Crippen LogP contribution in [0.15, 0.2) is 23.2 Å². The van der Waals surface area contributed by atoms with E-state index in [9.17, 15) is 4.39 Å². The summed E-state index contributed by atoms with van der Waals surface area (Å²) in [4.78, 5) is 4.48. The molecule has 1 aliphatic carbocycles. The van der Waals surface area contributed by atoms with Crippen LogP contribution in [0.2, 0.25) is 0 Å². The van der Waals surface area contributed by atoms with Crippen LogP contribution in [0, 0.1) is 11.7 Å². The molecule has 6 heteroatoms. The summed E-state index contributed by atoms with van der Waals surface area (Å²) in [6.45, 7) is 5.68. The van der Waals surface area contributed by atoms with Gasteiger partial charge in [-0.3, -0.25) is 0 Å². The molecule has 1 aromatic carbocycles. The molecule has 0 heterocycles. The monoisotopic (exact) mass is 337 g/mol. The molecule has 2 rings (SSSR count). The number of nitrogens with one attached hydrogen (secondary N) is 2. The number of ether oxygens (including phenoxy) is 2. The molecule has 1 saturated carbocycles. The van der Waals surface area contributed by atoms with Crippen molar-refractivity contribution in [2.75, 3.05) is 33.4 Å². The number of guanidine groups is 1. The summed E-state index contributed by atoms with van der Waals surface area (Å²) in [5.74, 6) is 1.42. The Hall–Kier alpha value is -1.82. The molecule has 0 aliphatic heterocycles. The summed E-state index contributed by atoms with van der Waals surface area (Å²) in [7, 11) is 1.46.